The maximum Gasteiger partial charge on any atom is 0.592 e. The van der Waals surface area contributed by atoms with Gasteiger partial charge in [0.2, 0.25) is 0 Å². The smallest absolute Gasteiger partial charge is 0.241 e. The van der Waals surface area contributed by atoms with Gasteiger partial charge >= 0.3 is 18.1 Å². The van der Waals surface area contributed by atoms with Crippen molar-refractivity contribution in [3.05, 3.63) is 96.1 Å². The molecule has 0 aromatic heterocycles. The summed E-state index contributed by atoms with van der Waals surface area (Å²) in [4.78, 5) is 53.6. The van der Waals surface area contributed by atoms with Crippen LogP contribution in [-0.2, 0) is 19.6 Å². The molecule has 0 aliphatic rings. The van der Waals surface area contributed by atoms with E-state index in [2.05, 4.69) is 19.6 Å². The normalized spacial score (nSPS) is 10.4. The third kappa shape index (κ3) is 3.90. The van der Waals surface area contributed by atoms with Crippen molar-refractivity contribution in [2.24, 2.45) is 0 Å². The highest BCUT2D eigenvalue weighted by Crippen LogP contribution is 2.20. The van der Waals surface area contributed by atoms with Gasteiger partial charge in [0.1, 0.15) is 0 Å². The molecule has 7 heteroatoms. The molecule has 0 saturated carbocycles. The molecule has 148 valence electrons. The second-order valence-electron chi connectivity index (χ2n) is 6.21. The Morgan fingerprint density at radius 1 is 0.467 bits per heavy atom. The molecule has 0 unspecified atom stereocenters. The Morgan fingerprint density at radius 2 is 0.867 bits per heavy atom. The fraction of sp³-hybridized carbons (Fsp3) is 0. The molecule has 0 bridgehead atoms. The maximum absolute atomic E-state index is 12.2. The van der Waals surface area contributed by atoms with E-state index in [4.69, 9.17) is 0 Å². The number of fused-ring (bicyclic) bond motifs is 2. The summed E-state index contributed by atoms with van der Waals surface area (Å²) in [7, 11) is 0. The first-order valence-electron chi connectivity index (χ1n) is 8.90. The summed E-state index contributed by atoms with van der Waals surface area (Å²) in [5.74, 6) is -1.80. The maximum atomic E-state index is 12.2. The number of carbonyl (C=O) groups is 3. The van der Waals surface area contributed by atoms with E-state index in [1.54, 1.807) is 36.4 Å². The predicted molar refractivity (Wildman–Crippen MR) is 106 cm³/mol. The molecule has 0 fully saturated rings. The van der Waals surface area contributed by atoms with Crippen molar-refractivity contribution in [3.63, 3.8) is 0 Å². The van der Waals surface area contributed by atoms with Crippen molar-refractivity contribution in [1.82, 2.24) is 0 Å². The molecule has 7 nitrogen and oxygen atoms in total. The number of rotatable bonds is 2. The summed E-state index contributed by atoms with van der Waals surface area (Å²) in [6, 6.07) is 24.4. The zero-order valence-electron chi connectivity index (χ0n) is 15.4. The van der Waals surface area contributed by atoms with Crippen LogP contribution in [0.2, 0.25) is 0 Å². The average molecular weight is 402 g/mol. The van der Waals surface area contributed by atoms with Crippen LogP contribution in [0.3, 0.4) is 0 Å². The van der Waals surface area contributed by atoms with Gasteiger partial charge in [-0.25, -0.2) is 29.1 Å². The van der Waals surface area contributed by atoms with Crippen LogP contribution in [0, 0.1) is 0 Å². The van der Waals surface area contributed by atoms with Gasteiger partial charge in [-0.2, -0.15) is 4.79 Å². The zero-order valence-corrected chi connectivity index (χ0v) is 15.4. The van der Waals surface area contributed by atoms with E-state index in [-0.39, 0.29) is 11.1 Å². The van der Waals surface area contributed by atoms with Gasteiger partial charge in [0.05, 0.1) is 11.1 Å². The van der Waals surface area contributed by atoms with Crippen LogP contribution in [0.4, 0.5) is 4.79 Å². The second kappa shape index (κ2) is 8.32. The monoisotopic (exact) mass is 402 g/mol. The van der Waals surface area contributed by atoms with E-state index >= 15 is 0 Å². The van der Waals surface area contributed by atoms with Crippen molar-refractivity contribution in [1.29, 1.82) is 0 Å². The molecular formula is C23H14O7. The molecule has 4 rings (SSSR count). The standard InChI is InChI=1S/C23H14O7/c24-21(19-13-5-9-15-7-1-3-11-17(15)19)27-29-23(26)30-28-22(25)20-14-6-10-16-8-2-4-12-18(16)20/h1-14H. The van der Waals surface area contributed by atoms with E-state index < -0.39 is 18.1 Å². The van der Waals surface area contributed by atoms with Crippen LogP contribution in [-0.4, -0.2) is 18.1 Å². The zero-order chi connectivity index (χ0) is 20.9. The third-order valence-corrected chi connectivity index (χ3v) is 4.39. The van der Waals surface area contributed by atoms with Crippen molar-refractivity contribution >= 4 is 39.6 Å². The lowest BCUT2D eigenvalue weighted by atomic mass is 10.1. The summed E-state index contributed by atoms with van der Waals surface area (Å²) in [6.07, 6.45) is -1.50. The highest BCUT2D eigenvalue weighted by atomic mass is 17.3. The summed E-state index contributed by atoms with van der Waals surface area (Å²) >= 11 is 0. The molecule has 4 aromatic carbocycles. The van der Waals surface area contributed by atoms with Crippen molar-refractivity contribution in [2.75, 3.05) is 0 Å². The minimum absolute atomic E-state index is 0.202. The molecule has 0 aliphatic carbocycles. The molecule has 0 aliphatic heterocycles. The second-order valence-corrected chi connectivity index (χ2v) is 6.21. The van der Waals surface area contributed by atoms with Crippen LogP contribution >= 0.6 is 0 Å². The Kier molecular flexibility index (Phi) is 5.25. The molecule has 4 aromatic rings. The van der Waals surface area contributed by atoms with E-state index in [1.165, 1.54) is 12.1 Å². The molecule has 0 heterocycles. The first-order valence-corrected chi connectivity index (χ1v) is 8.90. The van der Waals surface area contributed by atoms with Gasteiger partial charge in [-0.3, -0.25) is 0 Å². The average Bonchev–Trinajstić information content (AvgIpc) is 2.80. The van der Waals surface area contributed by atoms with Gasteiger partial charge in [-0.15, -0.1) is 0 Å². The predicted octanol–water partition coefficient (Wildman–Crippen LogP) is 4.99. The molecule has 0 atom stereocenters. The molecule has 0 N–H and O–H groups in total. The van der Waals surface area contributed by atoms with Gasteiger partial charge in [0, 0.05) is 0 Å². The molecule has 0 amide bonds. The highest BCUT2D eigenvalue weighted by Gasteiger charge is 2.19. The topological polar surface area (TPSA) is 88.1 Å². The molecular weight excluding hydrogens is 388 g/mol. The van der Waals surface area contributed by atoms with Gasteiger partial charge in [-0.1, -0.05) is 72.8 Å². The first kappa shape index (κ1) is 18.9. The van der Waals surface area contributed by atoms with Crippen molar-refractivity contribution in [2.45, 2.75) is 0 Å². The Bertz CT molecular complexity index is 1150. The van der Waals surface area contributed by atoms with Crippen LogP contribution in [0.5, 0.6) is 0 Å². The first-order chi connectivity index (χ1) is 14.6. The number of hydrogen-bond donors (Lipinski definition) is 0. The summed E-state index contributed by atoms with van der Waals surface area (Å²) in [5.41, 5.74) is 0.405. The Hall–Kier alpha value is -4.39. The fourth-order valence-corrected chi connectivity index (χ4v) is 3.05. The Balaban J connectivity index is 1.36. The van der Waals surface area contributed by atoms with Gasteiger partial charge in [0.15, 0.2) is 0 Å². The van der Waals surface area contributed by atoms with Gasteiger partial charge in [0.25, 0.3) is 0 Å². The van der Waals surface area contributed by atoms with Gasteiger partial charge < -0.3 is 0 Å². The lowest BCUT2D eigenvalue weighted by Crippen LogP contribution is -2.16. The fourth-order valence-electron chi connectivity index (χ4n) is 3.05. The Labute approximate surface area is 170 Å². The summed E-state index contributed by atoms with van der Waals surface area (Å²) in [6.45, 7) is 0. The third-order valence-electron chi connectivity index (χ3n) is 4.39. The molecule has 0 spiro atoms. The van der Waals surface area contributed by atoms with E-state index in [9.17, 15) is 14.4 Å². The molecule has 0 saturated heterocycles. The largest absolute Gasteiger partial charge is 0.592 e. The number of hydrogen-bond acceptors (Lipinski definition) is 7. The summed E-state index contributed by atoms with van der Waals surface area (Å²) in [5, 5.41) is 2.89. The van der Waals surface area contributed by atoms with Crippen molar-refractivity contribution in [3.8, 4) is 0 Å². The van der Waals surface area contributed by atoms with Gasteiger partial charge in [-0.05, 0) is 33.7 Å². The lowest BCUT2D eigenvalue weighted by molar-refractivity contribution is -0.267. The van der Waals surface area contributed by atoms with Crippen LogP contribution in [0.1, 0.15) is 20.7 Å². The summed E-state index contributed by atoms with van der Waals surface area (Å²) < 4.78 is 0. The van der Waals surface area contributed by atoms with Crippen LogP contribution in [0.15, 0.2) is 84.9 Å². The molecule has 30 heavy (non-hydrogen) atoms. The highest BCUT2D eigenvalue weighted by molar-refractivity contribution is 6.05. The van der Waals surface area contributed by atoms with Crippen LogP contribution in [0.25, 0.3) is 21.5 Å². The molecule has 0 radical (unpaired) electrons. The lowest BCUT2D eigenvalue weighted by Gasteiger charge is -2.07. The quantitative estimate of drug-likeness (QED) is 0.345. The SMILES string of the molecule is O=C(OOC(=O)c1cccc2ccccc12)OOC(=O)c1cccc2ccccc12. The number of benzene rings is 4. The van der Waals surface area contributed by atoms with Crippen molar-refractivity contribution < 1.29 is 33.9 Å². The van der Waals surface area contributed by atoms with E-state index in [1.807, 2.05) is 36.4 Å². The number of carbonyl (C=O) groups excluding carboxylic acids is 3. The minimum Gasteiger partial charge on any atom is -0.241 e. The Morgan fingerprint density at radius 3 is 1.33 bits per heavy atom. The minimum atomic E-state index is -1.50. The van der Waals surface area contributed by atoms with E-state index in [0.29, 0.717) is 10.8 Å². The van der Waals surface area contributed by atoms with Crippen LogP contribution < -0.4 is 0 Å². The van der Waals surface area contributed by atoms with E-state index in [0.717, 1.165) is 10.8 Å².